The maximum atomic E-state index is 11.2. The summed E-state index contributed by atoms with van der Waals surface area (Å²) >= 11 is 0. The fourth-order valence-corrected chi connectivity index (χ4v) is 5.83. The zero-order valence-corrected chi connectivity index (χ0v) is 27.9. The lowest BCUT2D eigenvalue weighted by Crippen LogP contribution is -2.17. The summed E-state index contributed by atoms with van der Waals surface area (Å²) in [5, 5.41) is 22.4. The van der Waals surface area contributed by atoms with Gasteiger partial charge in [0.2, 0.25) is 0 Å². The van der Waals surface area contributed by atoms with Gasteiger partial charge in [-0.1, -0.05) is 95.2 Å². The van der Waals surface area contributed by atoms with E-state index in [1.165, 1.54) is 11.1 Å². The molecule has 2 aromatic carbocycles. The molecule has 0 aromatic heterocycles. The highest BCUT2D eigenvalue weighted by atomic mass is 16.3. The van der Waals surface area contributed by atoms with Gasteiger partial charge in [-0.2, -0.15) is 0 Å². The molecule has 4 heteroatoms. The highest BCUT2D eigenvalue weighted by Gasteiger charge is 2.28. The predicted octanol–water partition coefficient (Wildman–Crippen LogP) is 9.33. The van der Waals surface area contributed by atoms with E-state index in [1.807, 2.05) is 12.4 Å². The van der Waals surface area contributed by atoms with Crippen molar-refractivity contribution in [2.45, 2.75) is 138 Å². The van der Waals surface area contributed by atoms with E-state index in [1.54, 1.807) is 0 Å². The van der Waals surface area contributed by atoms with Crippen LogP contribution in [0.5, 0.6) is 11.5 Å². The highest BCUT2D eigenvalue weighted by molar-refractivity contribution is 5.86. The van der Waals surface area contributed by atoms with Gasteiger partial charge >= 0.3 is 0 Å². The molecule has 2 aromatic rings. The molecule has 2 N–H and O–H groups in total. The first kappa shape index (κ1) is 32.9. The predicted molar refractivity (Wildman–Crippen MR) is 177 cm³/mol. The van der Waals surface area contributed by atoms with E-state index < -0.39 is 0 Å². The summed E-state index contributed by atoms with van der Waals surface area (Å²) in [6.45, 7) is 26.3. The Bertz CT molecular complexity index is 1170. The third-order valence-corrected chi connectivity index (χ3v) is 7.74. The van der Waals surface area contributed by atoms with Gasteiger partial charge < -0.3 is 10.2 Å². The second-order valence-corrected chi connectivity index (χ2v) is 16.8. The SMILES string of the molecule is CC(C)(C)Cc1cc(C=NC2CCCC2N=Cc2cc(CC(C)(C)C)cc(C(C)(C)C)c2O)c(O)c(C(C)(C)C)c1. The highest BCUT2D eigenvalue weighted by Crippen LogP contribution is 2.37. The zero-order valence-electron chi connectivity index (χ0n) is 27.9. The van der Waals surface area contributed by atoms with Crippen molar-refractivity contribution < 1.29 is 10.2 Å². The quantitative estimate of drug-likeness (QED) is 0.346. The lowest BCUT2D eigenvalue weighted by Gasteiger charge is -2.25. The number of rotatable bonds is 6. The molecule has 3 rings (SSSR count). The normalized spacial score (nSPS) is 19.1. The lowest BCUT2D eigenvalue weighted by molar-refractivity contribution is 0.408. The summed E-state index contributed by atoms with van der Waals surface area (Å²) in [5.74, 6) is 0.652. The first-order valence-electron chi connectivity index (χ1n) is 15.4. The van der Waals surface area contributed by atoms with Gasteiger partial charge in [-0.3, -0.25) is 9.98 Å². The molecule has 0 radical (unpaired) electrons. The van der Waals surface area contributed by atoms with Crippen molar-refractivity contribution in [3.8, 4) is 11.5 Å². The standard InChI is InChI=1S/C37H56N2O2/c1-34(2,3)20-24-16-26(32(40)28(18-24)36(7,8)9)22-38-30-14-13-15-31(30)39-23-27-17-25(21-35(4,5)6)19-29(33(27)41)37(10,11)12/h16-19,22-23,30-31,40-41H,13-15,20-21H2,1-12H3. The third kappa shape index (κ3) is 9.18. The lowest BCUT2D eigenvalue weighted by atomic mass is 9.81. The number of hydrogen-bond donors (Lipinski definition) is 2. The number of aliphatic imine (C=N–C) groups is 2. The van der Waals surface area contributed by atoms with Crippen LogP contribution in [0.2, 0.25) is 0 Å². The van der Waals surface area contributed by atoms with Crippen LogP contribution < -0.4 is 0 Å². The molecule has 4 nitrogen and oxygen atoms in total. The van der Waals surface area contributed by atoms with Crippen molar-refractivity contribution in [2.75, 3.05) is 0 Å². The Morgan fingerprint density at radius 1 is 0.610 bits per heavy atom. The summed E-state index contributed by atoms with van der Waals surface area (Å²) in [6.07, 6.45) is 8.61. The molecule has 2 unspecified atom stereocenters. The molecule has 1 saturated carbocycles. The number of hydrogen-bond acceptors (Lipinski definition) is 4. The molecule has 0 bridgehead atoms. The topological polar surface area (TPSA) is 65.2 Å². The monoisotopic (exact) mass is 560 g/mol. The minimum absolute atomic E-state index is 0.0528. The largest absolute Gasteiger partial charge is 0.507 e. The van der Waals surface area contributed by atoms with Gasteiger partial charge in [0.15, 0.2) is 0 Å². The molecule has 1 aliphatic rings. The molecule has 2 atom stereocenters. The Morgan fingerprint density at radius 2 is 0.951 bits per heavy atom. The Hall–Kier alpha value is -2.62. The molecule has 226 valence electrons. The van der Waals surface area contributed by atoms with Crippen molar-refractivity contribution in [1.29, 1.82) is 0 Å². The van der Waals surface area contributed by atoms with E-state index in [4.69, 9.17) is 9.98 Å². The zero-order chi connectivity index (χ0) is 31.0. The maximum Gasteiger partial charge on any atom is 0.128 e. The fraction of sp³-hybridized carbons (Fsp3) is 0.622. The Balaban J connectivity index is 1.93. The van der Waals surface area contributed by atoms with E-state index in [9.17, 15) is 10.2 Å². The van der Waals surface area contributed by atoms with Crippen LogP contribution in [0.3, 0.4) is 0 Å². The van der Waals surface area contributed by atoms with Crippen molar-refractivity contribution in [1.82, 2.24) is 0 Å². The molecular formula is C37H56N2O2. The van der Waals surface area contributed by atoms with Crippen molar-refractivity contribution in [3.05, 3.63) is 57.6 Å². The van der Waals surface area contributed by atoms with Gasteiger partial charge in [-0.25, -0.2) is 0 Å². The summed E-state index contributed by atoms with van der Waals surface area (Å²) in [6, 6.07) is 8.62. The number of aromatic hydroxyl groups is 2. The molecule has 0 heterocycles. The first-order valence-corrected chi connectivity index (χ1v) is 15.4. The third-order valence-electron chi connectivity index (χ3n) is 7.74. The molecule has 1 aliphatic carbocycles. The average Bonchev–Trinajstić information content (AvgIpc) is 3.23. The van der Waals surface area contributed by atoms with Crippen LogP contribution in [-0.4, -0.2) is 34.7 Å². The van der Waals surface area contributed by atoms with E-state index in [-0.39, 0.29) is 33.7 Å². The maximum absolute atomic E-state index is 11.2. The number of nitrogens with zero attached hydrogens (tertiary/aromatic N) is 2. The second kappa shape index (κ2) is 11.9. The number of phenolic OH excluding ortho intramolecular Hbond substituents is 2. The molecule has 41 heavy (non-hydrogen) atoms. The minimum Gasteiger partial charge on any atom is -0.507 e. The number of benzene rings is 2. The molecule has 0 amide bonds. The summed E-state index contributed by atoms with van der Waals surface area (Å²) in [7, 11) is 0. The van der Waals surface area contributed by atoms with Crippen LogP contribution in [0.15, 0.2) is 34.3 Å². The Morgan fingerprint density at radius 3 is 1.24 bits per heavy atom. The average molecular weight is 561 g/mol. The van der Waals surface area contributed by atoms with Gasteiger partial charge in [-0.05, 0) is 77.0 Å². The fourth-order valence-electron chi connectivity index (χ4n) is 5.83. The summed E-state index contributed by atoms with van der Waals surface area (Å²) in [4.78, 5) is 9.99. The molecule has 1 fully saturated rings. The minimum atomic E-state index is -0.170. The molecule has 0 spiro atoms. The first-order chi connectivity index (χ1) is 18.6. The smallest absolute Gasteiger partial charge is 0.128 e. The van der Waals surface area contributed by atoms with Gasteiger partial charge in [0.1, 0.15) is 11.5 Å². The van der Waals surface area contributed by atoms with Crippen LogP contribution in [-0.2, 0) is 23.7 Å². The van der Waals surface area contributed by atoms with E-state index >= 15 is 0 Å². The van der Waals surface area contributed by atoms with Crippen LogP contribution in [0, 0.1) is 10.8 Å². The van der Waals surface area contributed by atoms with Gasteiger partial charge in [-0.15, -0.1) is 0 Å². The van der Waals surface area contributed by atoms with Crippen LogP contribution in [0.25, 0.3) is 0 Å². The Labute approximate surface area is 250 Å². The number of phenols is 2. The van der Waals surface area contributed by atoms with Crippen molar-refractivity contribution >= 4 is 12.4 Å². The van der Waals surface area contributed by atoms with E-state index in [0.29, 0.717) is 11.5 Å². The van der Waals surface area contributed by atoms with Crippen LogP contribution in [0.4, 0.5) is 0 Å². The van der Waals surface area contributed by atoms with Crippen molar-refractivity contribution in [2.24, 2.45) is 20.8 Å². The van der Waals surface area contributed by atoms with Crippen molar-refractivity contribution in [3.63, 3.8) is 0 Å². The summed E-state index contributed by atoms with van der Waals surface area (Å²) < 4.78 is 0. The second-order valence-electron chi connectivity index (χ2n) is 16.8. The van der Waals surface area contributed by atoms with Crippen LogP contribution >= 0.6 is 0 Å². The van der Waals surface area contributed by atoms with E-state index in [0.717, 1.165) is 54.4 Å². The summed E-state index contributed by atoms with van der Waals surface area (Å²) in [5.41, 5.74) is 5.90. The van der Waals surface area contributed by atoms with Gasteiger partial charge in [0.25, 0.3) is 0 Å². The van der Waals surface area contributed by atoms with Gasteiger partial charge in [0.05, 0.1) is 12.1 Å². The molecule has 0 saturated heterocycles. The van der Waals surface area contributed by atoms with Crippen LogP contribution in [0.1, 0.15) is 136 Å². The Kier molecular flexibility index (Phi) is 9.57. The van der Waals surface area contributed by atoms with Gasteiger partial charge in [0, 0.05) is 34.7 Å². The molecule has 0 aliphatic heterocycles. The molecular weight excluding hydrogens is 504 g/mol. The van der Waals surface area contributed by atoms with E-state index in [2.05, 4.69) is 107 Å².